The van der Waals surface area contributed by atoms with Gasteiger partial charge in [-0.3, -0.25) is 9.36 Å². The van der Waals surface area contributed by atoms with Crippen LogP contribution in [0.15, 0.2) is 78.0 Å². The lowest BCUT2D eigenvalue weighted by atomic mass is 10.1. The summed E-state index contributed by atoms with van der Waals surface area (Å²) in [5.41, 5.74) is 4.93. The second kappa shape index (κ2) is 10.0. The van der Waals surface area contributed by atoms with Gasteiger partial charge in [0.25, 0.3) is 0 Å². The molecular formula is C25H23ClN4OS. The summed E-state index contributed by atoms with van der Waals surface area (Å²) in [5, 5.41) is 13.1. The summed E-state index contributed by atoms with van der Waals surface area (Å²) >= 11 is 7.60. The summed E-state index contributed by atoms with van der Waals surface area (Å²) in [7, 11) is 0. The zero-order valence-electron chi connectivity index (χ0n) is 17.9. The van der Waals surface area contributed by atoms with Crippen LogP contribution in [-0.4, -0.2) is 26.4 Å². The molecular weight excluding hydrogens is 440 g/mol. The Morgan fingerprint density at radius 1 is 0.969 bits per heavy atom. The molecule has 1 amide bonds. The van der Waals surface area contributed by atoms with Crippen molar-refractivity contribution in [1.82, 2.24) is 14.8 Å². The van der Waals surface area contributed by atoms with E-state index in [1.54, 1.807) is 0 Å². The van der Waals surface area contributed by atoms with Gasteiger partial charge >= 0.3 is 0 Å². The smallest absolute Gasteiger partial charge is 0.234 e. The van der Waals surface area contributed by atoms with Gasteiger partial charge in [-0.25, -0.2) is 0 Å². The molecule has 0 fully saturated rings. The molecule has 1 aromatic heterocycles. The Labute approximate surface area is 196 Å². The van der Waals surface area contributed by atoms with Crippen molar-refractivity contribution in [2.45, 2.75) is 25.4 Å². The van der Waals surface area contributed by atoms with Gasteiger partial charge in [-0.05, 0) is 48.7 Å². The molecule has 0 unspecified atom stereocenters. The van der Waals surface area contributed by atoms with E-state index in [-0.39, 0.29) is 11.7 Å². The summed E-state index contributed by atoms with van der Waals surface area (Å²) in [4.78, 5) is 12.7. The number of benzene rings is 3. The minimum atomic E-state index is -0.0855. The molecule has 1 heterocycles. The molecule has 0 saturated heterocycles. The van der Waals surface area contributed by atoms with E-state index in [9.17, 15) is 4.79 Å². The van der Waals surface area contributed by atoms with Crippen LogP contribution >= 0.6 is 23.4 Å². The number of hydrogen-bond acceptors (Lipinski definition) is 4. The molecule has 0 aliphatic heterocycles. The van der Waals surface area contributed by atoms with Gasteiger partial charge in [-0.1, -0.05) is 78.0 Å². The highest BCUT2D eigenvalue weighted by atomic mass is 35.5. The lowest BCUT2D eigenvalue weighted by Gasteiger charge is -2.12. The van der Waals surface area contributed by atoms with E-state index in [2.05, 4.69) is 27.6 Å². The number of carbonyl (C=O) groups excluding carboxylic acids is 1. The molecule has 5 nitrogen and oxygen atoms in total. The molecule has 0 saturated carbocycles. The van der Waals surface area contributed by atoms with Gasteiger partial charge < -0.3 is 5.32 Å². The Bertz CT molecular complexity index is 1220. The van der Waals surface area contributed by atoms with Crippen LogP contribution in [0.3, 0.4) is 0 Å². The number of thioether (sulfide) groups is 1. The molecule has 32 heavy (non-hydrogen) atoms. The van der Waals surface area contributed by atoms with Gasteiger partial charge in [0.2, 0.25) is 5.91 Å². The van der Waals surface area contributed by atoms with E-state index in [1.165, 1.54) is 11.8 Å². The third-order valence-electron chi connectivity index (χ3n) is 5.05. The minimum Gasteiger partial charge on any atom is -0.325 e. The zero-order valence-corrected chi connectivity index (χ0v) is 19.5. The average molecular weight is 463 g/mol. The van der Waals surface area contributed by atoms with Crippen LogP contribution in [0.5, 0.6) is 0 Å². The van der Waals surface area contributed by atoms with E-state index in [0.29, 0.717) is 16.6 Å². The van der Waals surface area contributed by atoms with Crippen molar-refractivity contribution in [3.05, 3.63) is 100 Å². The van der Waals surface area contributed by atoms with Crippen molar-refractivity contribution in [3.63, 3.8) is 0 Å². The predicted molar refractivity (Wildman–Crippen MR) is 131 cm³/mol. The molecule has 0 aliphatic rings. The number of carbonyl (C=O) groups is 1. The molecule has 1 N–H and O–H groups in total. The van der Waals surface area contributed by atoms with Gasteiger partial charge in [0.1, 0.15) is 5.82 Å². The van der Waals surface area contributed by atoms with Crippen molar-refractivity contribution in [2.24, 2.45) is 0 Å². The van der Waals surface area contributed by atoms with Gasteiger partial charge in [0, 0.05) is 17.1 Å². The number of nitrogens with zero attached hydrogens (tertiary/aromatic N) is 3. The summed E-state index contributed by atoms with van der Waals surface area (Å²) in [6.45, 7) is 3.97. The van der Waals surface area contributed by atoms with Crippen molar-refractivity contribution in [1.29, 1.82) is 0 Å². The van der Waals surface area contributed by atoms with E-state index >= 15 is 0 Å². The van der Waals surface area contributed by atoms with Crippen molar-refractivity contribution >= 4 is 35.0 Å². The van der Waals surface area contributed by atoms with Crippen LogP contribution in [0.25, 0.3) is 5.69 Å². The SMILES string of the molecule is Cc1cccc(C)c1NC(=O)CSc1nnc(Cc2ccccc2)n1-c1cccc(Cl)c1. The Balaban J connectivity index is 1.57. The largest absolute Gasteiger partial charge is 0.325 e. The first-order valence-corrected chi connectivity index (χ1v) is 11.6. The fourth-order valence-corrected chi connectivity index (χ4v) is 4.43. The van der Waals surface area contributed by atoms with Crippen LogP contribution in [0.1, 0.15) is 22.5 Å². The Morgan fingerprint density at radius 3 is 2.41 bits per heavy atom. The number of nitrogens with one attached hydrogen (secondary N) is 1. The molecule has 0 bridgehead atoms. The summed E-state index contributed by atoms with van der Waals surface area (Å²) in [6, 6.07) is 23.6. The highest BCUT2D eigenvalue weighted by Crippen LogP contribution is 2.26. The van der Waals surface area contributed by atoms with Gasteiger partial charge in [0.05, 0.1) is 11.4 Å². The third-order valence-corrected chi connectivity index (χ3v) is 6.21. The Morgan fingerprint density at radius 2 is 1.69 bits per heavy atom. The summed E-state index contributed by atoms with van der Waals surface area (Å²) < 4.78 is 1.97. The minimum absolute atomic E-state index is 0.0855. The summed E-state index contributed by atoms with van der Waals surface area (Å²) in [6.07, 6.45) is 0.621. The monoisotopic (exact) mass is 462 g/mol. The van der Waals surface area contributed by atoms with Crippen molar-refractivity contribution in [3.8, 4) is 5.69 Å². The number of aryl methyl sites for hydroxylation is 2. The highest BCUT2D eigenvalue weighted by Gasteiger charge is 2.17. The van der Waals surface area contributed by atoms with Gasteiger partial charge in [0.15, 0.2) is 5.16 Å². The quantitative estimate of drug-likeness (QED) is 0.349. The van der Waals surface area contributed by atoms with Crippen molar-refractivity contribution < 1.29 is 4.79 Å². The molecule has 3 aromatic carbocycles. The standard InChI is InChI=1S/C25H23ClN4OS/c1-17-8-6-9-18(2)24(17)27-23(31)16-32-25-29-28-22(14-19-10-4-3-5-11-19)30(25)21-13-7-12-20(26)15-21/h3-13,15H,14,16H2,1-2H3,(H,27,31). The maximum atomic E-state index is 12.7. The van der Waals surface area contributed by atoms with Crippen LogP contribution in [0, 0.1) is 13.8 Å². The maximum Gasteiger partial charge on any atom is 0.234 e. The van der Waals surface area contributed by atoms with Crippen LogP contribution < -0.4 is 5.32 Å². The zero-order chi connectivity index (χ0) is 22.5. The first kappa shape index (κ1) is 22.1. The van der Waals surface area contributed by atoms with Gasteiger partial charge in [-0.2, -0.15) is 0 Å². The average Bonchev–Trinajstić information content (AvgIpc) is 3.18. The lowest BCUT2D eigenvalue weighted by molar-refractivity contribution is -0.113. The first-order chi connectivity index (χ1) is 15.5. The normalized spacial score (nSPS) is 10.8. The van der Waals surface area contributed by atoms with Crippen LogP contribution in [-0.2, 0) is 11.2 Å². The molecule has 7 heteroatoms. The molecule has 4 rings (SSSR count). The second-order valence-corrected chi connectivity index (χ2v) is 8.86. The van der Waals surface area contributed by atoms with E-state index < -0.39 is 0 Å². The summed E-state index contributed by atoms with van der Waals surface area (Å²) in [5.74, 6) is 0.923. The number of anilines is 1. The maximum absolute atomic E-state index is 12.7. The third kappa shape index (κ3) is 5.21. The highest BCUT2D eigenvalue weighted by molar-refractivity contribution is 7.99. The van der Waals surface area contributed by atoms with Crippen molar-refractivity contribution in [2.75, 3.05) is 11.1 Å². The van der Waals surface area contributed by atoms with Crippen LogP contribution in [0.2, 0.25) is 5.02 Å². The number of aromatic nitrogens is 3. The van der Waals surface area contributed by atoms with E-state index in [1.807, 2.05) is 79.1 Å². The Hall–Kier alpha value is -3.09. The molecule has 162 valence electrons. The number of halogens is 1. The van der Waals surface area contributed by atoms with Gasteiger partial charge in [-0.15, -0.1) is 10.2 Å². The van der Waals surface area contributed by atoms with E-state index in [0.717, 1.165) is 33.9 Å². The number of rotatable bonds is 7. The molecule has 0 aliphatic carbocycles. The number of amides is 1. The number of hydrogen-bond donors (Lipinski definition) is 1. The lowest BCUT2D eigenvalue weighted by Crippen LogP contribution is -2.16. The first-order valence-electron chi connectivity index (χ1n) is 10.2. The molecule has 4 aromatic rings. The molecule has 0 radical (unpaired) electrons. The fourth-order valence-electron chi connectivity index (χ4n) is 3.48. The fraction of sp³-hybridized carbons (Fsp3) is 0.160. The predicted octanol–water partition coefficient (Wildman–Crippen LogP) is 5.86. The molecule has 0 atom stereocenters. The second-order valence-electron chi connectivity index (χ2n) is 7.48. The number of para-hydroxylation sites is 1. The molecule has 0 spiro atoms. The van der Waals surface area contributed by atoms with Crippen LogP contribution in [0.4, 0.5) is 5.69 Å². The topological polar surface area (TPSA) is 59.8 Å². The Kier molecular flexibility index (Phi) is 6.93. The van der Waals surface area contributed by atoms with E-state index in [4.69, 9.17) is 11.6 Å².